The van der Waals surface area contributed by atoms with Crippen molar-refractivity contribution in [3.8, 4) is 22.8 Å². The molecule has 1 unspecified atom stereocenters. The summed E-state index contributed by atoms with van der Waals surface area (Å²) >= 11 is 6.21. The van der Waals surface area contributed by atoms with Gasteiger partial charge in [0.1, 0.15) is 18.9 Å². The Morgan fingerprint density at radius 1 is 1.30 bits per heavy atom. The molecule has 1 aromatic heterocycles. The molecular formula is C14H15ClN2O3. The summed E-state index contributed by atoms with van der Waals surface area (Å²) in [7, 11) is 0. The Morgan fingerprint density at radius 3 is 2.90 bits per heavy atom. The van der Waals surface area contributed by atoms with Crippen LogP contribution in [0.4, 0.5) is 0 Å². The fraction of sp³-hybridized carbons (Fsp3) is 0.357. The molecule has 1 aliphatic rings. The lowest BCUT2D eigenvalue weighted by Gasteiger charge is -2.19. The fourth-order valence-corrected chi connectivity index (χ4v) is 2.33. The predicted octanol–water partition coefficient (Wildman–Crippen LogP) is 3.18. The minimum absolute atomic E-state index is 0.149. The molecule has 0 saturated carbocycles. The van der Waals surface area contributed by atoms with Crippen LogP contribution >= 0.6 is 11.6 Å². The van der Waals surface area contributed by atoms with E-state index in [1.54, 1.807) is 6.07 Å². The van der Waals surface area contributed by atoms with E-state index in [0.717, 1.165) is 12.0 Å². The fourth-order valence-electron chi connectivity index (χ4n) is 2.06. The van der Waals surface area contributed by atoms with Crippen molar-refractivity contribution in [2.24, 2.45) is 5.73 Å². The zero-order chi connectivity index (χ0) is 14.1. The van der Waals surface area contributed by atoms with Crippen LogP contribution in [-0.2, 0) is 0 Å². The highest BCUT2D eigenvalue weighted by Crippen LogP contribution is 2.41. The summed E-state index contributed by atoms with van der Waals surface area (Å²) in [5, 5.41) is 4.54. The van der Waals surface area contributed by atoms with Crippen molar-refractivity contribution in [1.29, 1.82) is 0 Å². The second kappa shape index (κ2) is 5.34. The number of aromatic nitrogens is 1. The number of ether oxygens (including phenoxy) is 2. The lowest BCUT2D eigenvalue weighted by atomic mass is 10.1. The van der Waals surface area contributed by atoms with Crippen LogP contribution in [0, 0.1) is 0 Å². The molecule has 1 aromatic carbocycles. The first kappa shape index (κ1) is 13.3. The monoisotopic (exact) mass is 294 g/mol. The first-order valence-electron chi connectivity index (χ1n) is 6.50. The minimum atomic E-state index is -0.149. The molecule has 2 aromatic rings. The van der Waals surface area contributed by atoms with Crippen LogP contribution in [0.1, 0.15) is 25.1 Å². The summed E-state index contributed by atoms with van der Waals surface area (Å²) < 4.78 is 16.3. The molecule has 2 N–H and O–H groups in total. The Bertz CT molecular complexity index is 627. The van der Waals surface area contributed by atoms with E-state index in [1.807, 2.05) is 19.1 Å². The van der Waals surface area contributed by atoms with E-state index < -0.39 is 0 Å². The van der Waals surface area contributed by atoms with E-state index in [-0.39, 0.29) is 6.04 Å². The van der Waals surface area contributed by atoms with Crippen molar-refractivity contribution >= 4 is 11.6 Å². The van der Waals surface area contributed by atoms with Gasteiger partial charge in [-0.1, -0.05) is 23.7 Å². The van der Waals surface area contributed by atoms with Gasteiger partial charge in [-0.15, -0.1) is 0 Å². The maximum absolute atomic E-state index is 6.21. The van der Waals surface area contributed by atoms with Crippen LogP contribution in [-0.4, -0.2) is 18.4 Å². The first-order chi connectivity index (χ1) is 9.69. The van der Waals surface area contributed by atoms with Crippen molar-refractivity contribution in [2.45, 2.75) is 19.4 Å². The maximum Gasteiger partial charge on any atom is 0.179 e. The summed E-state index contributed by atoms with van der Waals surface area (Å²) in [5.41, 5.74) is 7.42. The third-order valence-electron chi connectivity index (χ3n) is 3.23. The standard InChI is InChI=1S/C14H15ClN2O3/c1-2-10(16)12-7-11(17-20-12)8-5-9(15)14-13(6-8)18-3-4-19-14/h5-7,10H,2-4,16H2,1H3. The minimum Gasteiger partial charge on any atom is -0.486 e. The van der Waals surface area contributed by atoms with Gasteiger partial charge in [-0.05, 0) is 18.6 Å². The largest absolute Gasteiger partial charge is 0.486 e. The van der Waals surface area contributed by atoms with Gasteiger partial charge in [-0.2, -0.15) is 0 Å². The highest BCUT2D eigenvalue weighted by Gasteiger charge is 2.19. The van der Waals surface area contributed by atoms with Gasteiger partial charge in [0.2, 0.25) is 0 Å². The molecule has 6 heteroatoms. The van der Waals surface area contributed by atoms with Gasteiger partial charge in [-0.3, -0.25) is 0 Å². The van der Waals surface area contributed by atoms with Gasteiger partial charge in [0.25, 0.3) is 0 Å². The van der Waals surface area contributed by atoms with E-state index in [2.05, 4.69) is 5.16 Å². The third-order valence-corrected chi connectivity index (χ3v) is 3.51. The quantitative estimate of drug-likeness (QED) is 0.941. The Labute approximate surface area is 121 Å². The zero-order valence-corrected chi connectivity index (χ0v) is 11.8. The van der Waals surface area contributed by atoms with Gasteiger partial charge >= 0.3 is 0 Å². The molecule has 0 aliphatic carbocycles. The van der Waals surface area contributed by atoms with Gasteiger partial charge in [0, 0.05) is 11.6 Å². The van der Waals surface area contributed by atoms with Gasteiger partial charge in [0.15, 0.2) is 17.3 Å². The molecule has 106 valence electrons. The van der Waals surface area contributed by atoms with Crippen molar-refractivity contribution < 1.29 is 14.0 Å². The van der Waals surface area contributed by atoms with E-state index in [9.17, 15) is 0 Å². The summed E-state index contributed by atoms with van der Waals surface area (Å²) in [5.74, 6) is 1.87. The molecule has 0 radical (unpaired) electrons. The number of hydrogen-bond donors (Lipinski definition) is 1. The molecular weight excluding hydrogens is 280 g/mol. The highest BCUT2D eigenvalue weighted by atomic mass is 35.5. The molecule has 0 saturated heterocycles. The van der Waals surface area contributed by atoms with E-state index in [0.29, 0.717) is 41.2 Å². The second-order valence-electron chi connectivity index (χ2n) is 4.61. The number of fused-ring (bicyclic) bond motifs is 1. The van der Waals surface area contributed by atoms with E-state index in [1.165, 1.54) is 0 Å². The Balaban J connectivity index is 1.98. The van der Waals surface area contributed by atoms with Gasteiger partial charge in [-0.25, -0.2) is 0 Å². The SMILES string of the molecule is CCC(N)c1cc(-c2cc(Cl)c3c(c2)OCCO3)no1. The molecule has 1 aliphatic heterocycles. The number of nitrogens with zero attached hydrogens (tertiary/aromatic N) is 1. The topological polar surface area (TPSA) is 70.5 Å². The van der Waals surface area contributed by atoms with Crippen LogP contribution in [0.2, 0.25) is 5.02 Å². The van der Waals surface area contributed by atoms with Crippen LogP contribution in [0.25, 0.3) is 11.3 Å². The highest BCUT2D eigenvalue weighted by molar-refractivity contribution is 6.32. The molecule has 3 rings (SSSR count). The Hall–Kier alpha value is -1.72. The lowest BCUT2D eigenvalue weighted by molar-refractivity contribution is 0.172. The first-order valence-corrected chi connectivity index (χ1v) is 6.88. The van der Waals surface area contributed by atoms with E-state index >= 15 is 0 Å². The van der Waals surface area contributed by atoms with Crippen LogP contribution in [0.3, 0.4) is 0 Å². The molecule has 0 fully saturated rings. The number of halogens is 1. The number of nitrogens with two attached hydrogens (primary N) is 1. The number of hydrogen-bond acceptors (Lipinski definition) is 5. The third kappa shape index (κ3) is 2.34. The zero-order valence-electron chi connectivity index (χ0n) is 11.1. The summed E-state index contributed by atoms with van der Waals surface area (Å²) in [6.45, 7) is 3.01. The molecule has 2 heterocycles. The molecule has 0 spiro atoms. The van der Waals surface area contributed by atoms with Crippen LogP contribution < -0.4 is 15.2 Å². The van der Waals surface area contributed by atoms with Crippen LogP contribution in [0.15, 0.2) is 22.7 Å². The van der Waals surface area contributed by atoms with Gasteiger partial charge in [0.05, 0.1) is 11.1 Å². The van der Waals surface area contributed by atoms with Crippen LogP contribution in [0.5, 0.6) is 11.5 Å². The molecule has 0 amide bonds. The normalized spacial score (nSPS) is 15.2. The molecule has 1 atom stereocenters. The van der Waals surface area contributed by atoms with Crippen molar-refractivity contribution in [3.63, 3.8) is 0 Å². The van der Waals surface area contributed by atoms with Crippen molar-refractivity contribution in [2.75, 3.05) is 13.2 Å². The number of rotatable bonds is 3. The molecule has 20 heavy (non-hydrogen) atoms. The average molecular weight is 295 g/mol. The van der Waals surface area contributed by atoms with Crippen molar-refractivity contribution in [1.82, 2.24) is 5.16 Å². The molecule has 0 bridgehead atoms. The van der Waals surface area contributed by atoms with E-state index in [4.69, 9.17) is 31.3 Å². The molecule has 5 nitrogen and oxygen atoms in total. The predicted molar refractivity (Wildman–Crippen MR) is 75.2 cm³/mol. The number of benzene rings is 1. The van der Waals surface area contributed by atoms with Crippen molar-refractivity contribution in [3.05, 3.63) is 29.0 Å². The summed E-state index contributed by atoms with van der Waals surface area (Å²) in [6.07, 6.45) is 0.788. The Morgan fingerprint density at radius 2 is 2.10 bits per heavy atom. The summed E-state index contributed by atoms with van der Waals surface area (Å²) in [6, 6.07) is 5.31. The smallest absolute Gasteiger partial charge is 0.179 e. The second-order valence-corrected chi connectivity index (χ2v) is 5.02. The maximum atomic E-state index is 6.21. The average Bonchev–Trinajstić information content (AvgIpc) is 2.96. The lowest BCUT2D eigenvalue weighted by Crippen LogP contribution is -2.15. The summed E-state index contributed by atoms with van der Waals surface area (Å²) in [4.78, 5) is 0. The Kier molecular flexibility index (Phi) is 3.54. The van der Waals surface area contributed by atoms with Gasteiger partial charge < -0.3 is 19.7 Å².